The number of nitrogens with zero attached hydrogens (tertiary/aromatic N) is 2. The van der Waals surface area contributed by atoms with Crippen LogP contribution < -0.4 is 0 Å². The lowest BCUT2D eigenvalue weighted by Crippen LogP contribution is -2.07. The van der Waals surface area contributed by atoms with Crippen LogP contribution in [-0.2, 0) is 19.3 Å². The van der Waals surface area contributed by atoms with Crippen molar-refractivity contribution in [2.75, 3.05) is 0 Å². The van der Waals surface area contributed by atoms with Gasteiger partial charge in [0.2, 0.25) is 0 Å². The highest BCUT2D eigenvalue weighted by atomic mass is 19.4. The highest BCUT2D eigenvalue weighted by Gasteiger charge is 2.30. The first-order valence-electron chi connectivity index (χ1n) is 5.27. The SMILES string of the molecule is OCc1cnn(Cc2cccc(C(F)(F)F)c2)c1. The van der Waals surface area contributed by atoms with Crippen molar-refractivity contribution in [2.45, 2.75) is 19.3 Å². The summed E-state index contributed by atoms with van der Waals surface area (Å²) in [6.45, 7) is 0.104. The maximum atomic E-state index is 12.5. The highest BCUT2D eigenvalue weighted by Crippen LogP contribution is 2.29. The molecule has 18 heavy (non-hydrogen) atoms. The van der Waals surface area contributed by atoms with E-state index in [0.717, 1.165) is 12.1 Å². The fourth-order valence-electron chi connectivity index (χ4n) is 1.61. The van der Waals surface area contributed by atoms with Crippen LogP contribution >= 0.6 is 0 Å². The first-order chi connectivity index (χ1) is 8.49. The number of benzene rings is 1. The number of alkyl halides is 3. The second-order valence-electron chi connectivity index (χ2n) is 3.90. The molecule has 0 bridgehead atoms. The van der Waals surface area contributed by atoms with E-state index in [1.165, 1.54) is 16.9 Å². The summed E-state index contributed by atoms with van der Waals surface area (Å²) in [6, 6.07) is 5.11. The van der Waals surface area contributed by atoms with Crippen LogP contribution in [0.3, 0.4) is 0 Å². The van der Waals surface area contributed by atoms with Crippen LogP contribution in [0.4, 0.5) is 13.2 Å². The van der Waals surface area contributed by atoms with Crippen LogP contribution in [-0.4, -0.2) is 14.9 Å². The predicted octanol–water partition coefficient (Wildman–Crippen LogP) is 2.44. The molecule has 2 aromatic rings. The molecule has 3 nitrogen and oxygen atoms in total. The van der Waals surface area contributed by atoms with E-state index in [2.05, 4.69) is 5.10 Å². The van der Waals surface area contributed by atoms with Crippen molar-refractivity contribution < 1.29 is 18.3 Å². The molecule has 2 rings (SSSR count). The molecule has 0 radical (unpaired) electrons. The molecule has 0 fully saturated rings. The molecule has 0 aliphatic carbocycles. The zero-order chi connectivity index (χ0) is 13.2. The zero-order valence-electron chi connectivity index (χ0n) is 9.35. The normalized spacial score (nSPS) is 11.8. The first-order valence-corrected chi connectivity index (χ1v) is 5.27. The Labute approximate surface area is 101 Å². The Morgan fingerprint density at radius 3 is 2.61 bits per heavy atom. The molecule has 6 heteroatoms. The maximum absolute atomic E-state index is 12.5. The summed E-state index contributed by atoms with van der Waals surface area (Å²) in [4.78, 5) is 0. The van der Waals surface area contributed by atoms with E-state index < -0.39 is 11.7 Å². The maximum Gasteiger partial charge on any atom is 0.416 e. The van der Waals surface area contributed by atoms with Gasteiger partial charge in [-0.25, -0.2) is 0 Å². The summed E-state index contributed by atoms with van der Waals surface area (Å²) >= 11 is 0. The molecule has 0 unspecified atom stereocenters. The van der Waals surface area contributed by atoms with Crippen molar-refractivity contribution in [1.29, 1.82) is 0 Å². The number of aliphatic hydroxyl groups is 1. The third-order valence-corrected chi connectivity index (χ3v) is 2.47. The summed E-state index contributed by atoms with van der Waals surface area (Å²) in [5.41, 5.74) is 0.467. The molecule has 1 aromatic heterocycles. The van der Waals surface area contributed by atoms with Gasteiger partial charge in [-0.3, -0.25) is 4.68 Å². The molecule has 1 N–H and O–H groups in total. The van der Waals surface area contributed by atoms with Gasteiger partial charge < -0.3 is 5.11 Å². The minimum Gasteiger partial charge on any atom is -0.392 e. The van der Waals surface area contributed by atoms with E-state index in [0.29, 0.717) is 11.1 Å². The Morgan fingerprint density at radius 1 is 1.22 bits per heavy atom. The second kappa shape index (κ2) is 4.81. The number of hydrogen-bond acceptors (Lipinski definition) is 2. The van der Waals surface area contributed by atoms with E-state index in [1.807, 2.05) is 0 Å². The van der Waals surface area contributed by atoms with Gasteiger partial charge in [0.05, 0.1) is 24.9 Å². The van der Waals surface area contributed by atoms with Crippen LogP contribution in [0.5, 0.6) is 0 Å². The van der Waals surface area contributed by atoms with Crippen LogP contribution in [0.25, 0.3) is 0 Å². The minimum absolute atomic E-state index is 0.136. The molecule has 96 valence electrons. The van der Waals surface area contributed by atoms with Gasteiger partial charge in [-0.15, -0.1) is 0 Å². The molecule has 0 aliphatic heterocycles. The predicted molar refractivity (Wildman–Crippen MR) is 58.7 cm³/mol. The molecular weight excluding hydrogens is 245 g/mol. The van der Waals surface area contributed by atoms with Crippen molar-refractivity contribution >= 4 is 0 Å². The van der Waals surface area contributed by atoms with E-state index in [1.54, 1.807) is 12.3 Å². The Balaban J connectivity index is 2.19. The Hall–Kier alpha value is -1.82. The fraction of sp³-hybridized carbons (Fsp3) is 0.250. The summed E-state index contributed by atoms with van der Waals surface area (Å²) in [7, 11) is 0. The second-order valence-corrected chi connectivity index (χ2v) is 3.90. The zero-order valence-corrected chi connectivity index (χ0v) is 9.35. The van der Waals surface area contributed by atoms with Gasteiger partial charge in [0.1, 0.15) is 0 Å². The quantitative estimate of drug-likeness (QED) is 0.916. The lowest BCUT2D eigenvalue weighted by Gasteiger charge is -2.08. The van der Waals surface area contributed by atoms with Gasteiger partial charge in [0, 0.05) is 11.8 Å². The summed E-state index contributed by atoms with van der Waals surface area (Å²) in [5, 5.41) is 12.8. The average molecular weight is 256 g/mol. The van der Waals surface area contributed by atoms with Crippen molar-refractivity contribution in [3.05, 3.63) is 53.3 Å². The number of aromatic nitrogens is 2. The molecule has 0 saturated heterocycles. The smallest absolute Gasteiger partial charge is 0.392 e. The van der Waals surface area contributed by atoms with Crippen molar-refractivity contribution in [3.8, 4) is 0 Å². The molecular formula is C12H11F3N2O. The van der Waals surface area contributed by atoms with Gasteiger partial charge >= 0.3 is 6.18 Å². The highest BCUT2D eigenvalue weighted by molar-refractivity contribution is 5.25. The molecule has 0 saturated carbocycles. The third kappa shape index (κ3) is 2.89. The standard InChI is InChI=1S/C12H11F3N2O/c13-12(14,15)11-3-1-2-9(4-11)6-17-7-10(8-18)5-16-17/h1-5,7,18H,6,8H2. The van der Waals surface area contributed by atoms with Crippen LogP contribution in [0.1, 0.15) is 16.7 Å². The molecule has 1 aromatic carbocycles. The number of halogens is 3. The first kappa shape index (κ1) is 12.6. The van der Waals surface area contributed by atoms with Crippen molar-refractivity contribution in [1.82, 2.24) is 9.78 Å². The topological polar surface area (TPSA) is 38.1 Å². The molecule has 0 aliphatic rings. The molecule has 0 atom stereocenters. The fourth-order valence-corrected chi connectivity index (χ4v) is 1.61. The third-order valence-electron chi connectivity index (χ3n) is 2.47. The van der Waals surface area contributed by atoms with Gasteiger partial charge in [-0.2, -0.15) is 18.3 Å². The van der Waals surface area contributed by atoms with Crippen LogP contribution in [0.2, 0.25) is 0 Å². The monoisotopic (exact) mass is 256 g/mol. The van der Waals surface area contributed by atoms with E-state index in [9.17, 15) is 13.2 Å². The van der Waals surface area contributed by atoms with Crippen molar-refractivity contribution in [2.24, 2.45) is 0 Å². The van der Waals surface area contributed by atoms with Gasteiger partial charge in [-0.1, -0.05) is 12.1 Å². The molecule has 0 amide bonds. The Bertz CT molecular complexity index is 534. The lowest BCUT2D eigenvalue weighted by molar-refractivity contribution is -0.137. The van der Waals surface area contributed by atoms with E-state index >= 15 is 0 Å². The number of aliphatic hydroxyl groups excluding tert-OH is 1. The van der Waals surface area contributed by atoms with E-state index in [4.69, 9.17) is 5.11 Å². The summed E-state index contributed by atoms with van der Waals surface area (Å²) < 4.78 is 39.0. The molecule has 0 spiro atoms. The Kier molecular flexibility index (Phi) is 3.38. The molecule has 1 heterocycles. The van der Waals surface area contributed by atoms with Crippen LogP contribution in [0.15, 0.2) is 36.7 Å². The van der Waals surface area contributed by atoms with Gasteiger partial charge in [0.15, 0.2) is 0 Å². The number of hydrogen-bond donors (Lipinski definition) is 1. The van der Waals surface area contributed by atoms with Crippen molar-refractivity contribution in [3.63, 3.8) is 0 Å². The Morgan fingerprint density at radius 2 is 2.00 bits per heavy atom. The summed E-state index contributed by atoms with van der Waals surface area (Å²) in [5.74, 6) is 0. The largest absolute Gasteiger partial charge is 0.416 e. The van der Waals surface area contributed by atoms with Gasteiger partial charge in [0.25, 0.3) is 0 Å². The van der Waals surface area contributed by atoms with E-state index in [-0.39, 0.29) is 13.2 Å². The average Bonchev–Trinajstić information content (AvgIpc) is 2.76. The van der Waals surface area contributed by atoms with Crippen LogP contribution in [0, 0.1) is 0 Å². The minimum atomic E-state index is -4.34. The van der Waals surface area contributed by atoms with Gasteiger partial charge in [-0.05, 0) is 17.7 Å². The number of rotatable bonds is 3. The lowest BCUT2D eigenvalue weighted by atomic mass is 10.1. The summed E-state index contributed by atoms with van der Waals surface area (Å²) in [6.07, 6.45) is -1.26.